The minimum absolute atomic E-state index is 0.0103. The third kappa shape index (κ3) is 1.56. The quantitative estimate of drug-likeness (QED) is 0.410. The zero-order valence-electron chi connectivity index (χ0n) is 8.17. The molecule has 0 bridgehead atoms. The van der Waals surface area contributed by atoms with Crippen LogP contribution >= 0.6 is 11.6 Å². The summed E-state index contributed by atoms with van der Waals surface area (Å²) in [6.07, 6.45) is 8.23. The average molecular weight is 215 g/mol. The van der Waals surface area contributed by atoms with Crippen LogP contribution < -0.4 is 0 Å². The molecule has 2 nitrogen and oxygen atoms in total. The first kappa shape index (κ1) is 10.0. The first-order valence-electron chi connectivity index (χ1n) is 5.19. The van der Waals surface area contributed by atoms with Crippen LogP contribution in [0, 0.1) is 11.3 Å². The maximum absolute atomic E-state index is 11.5. The molecule has 1 heterocycles. The van der Waals surface area contributed by atoms with Crippen molar-refractivity contribution < 1.29 is 9.53 Å². The Hall–Kier alpha value is -0.500. The van der Waals surface area contributed by atoms with Gasteiger partial charge in [0, 0.05) is 11.3 Å². The van der Waals surface area contributed by atoms with Gasteiger partial charge in [-0.05, 0) is 25.7 Å². The molecule has 2 rings (SSSR count). The van der Waals surface area contributed by atoms with E-state index in [0.717, 1.165) is 25.7 Å². The van der Waals surface area contributed by atoms with E-state index in [0.29, 0.717) is 12.5 Å². The molecule has 1 aliphatic carbocycles. The van der Waals surface area contributed by atoms with Crippen molar-refractivity contribution in [3.63, 3.8) is 0 Å². The third-order valence-corrected chi connectivity index (χ3v) is 3.58. The number of hydrogen-bond donors (Lipinski definition) is 0. The van der Waals surface area contributed by atoms with Crippen LogP contribution in [-0.2, 0) is 9.53 Å². The monoisotopic (exact) mass is 214 g/mol. The van der Waals surface area contributed by atoms with Crippen LogP contribution in [0.5, 0.6) is 0 Å². The van der Waals surface area contributed by atoms with E-state index in [1.807, 2.05) is 0 Å². The number of allylic oxidation sites excluding steroid dienone is 1. The molecule has 1 saturated heterocycles. The summed E-state index contributed by atoms with van der Waals surface area (Å²) in [6.45, 7) is 0.559. The number of esters is 1. The van der Waals surface area contributed by atoms with Crippen LogP contribution in [0.3, 0.4) is 0 Å². The van der Waals surface area contributed by atoms with E-state index in [2.05, 4.69) is 12.2 Å². The van der Waals surface area contributed by atoms with Gasteiger partial charge in [0.15, 0.2) is 0 Å². The fraction of sp³-hybridized carbons (Fsp3) is 0.727. The summed E-state index contributed by atoms with van der Waals surface area (Å²) >= 11 is 5.69. The van der Waals surface area contributed by atoms with E-state index in [-0.39, 0.29) is 17.3 Å². The van der Waals surface area contributed by atoms with Crippen molar-refractivity contribution in [2.24, 2.45) is 11.3 Å². The molecule has 1 fully saturated rings. The SMILES string of the molecule is O=C1OC[C@@]2(CCCCl)C=CCC[C@@H]12. The molecule has 0 aromatic carbocycles. The number of cyclic esters (lactones) is 1. The maximum Gasteiger partial charge on any atom is 0.309 e. The lowest BCUT2D eigenvalue weighted by atomic mass is 9.69. The summed E-state index contributed by atoms with van der Waals surface area (Å²) < 4.78 is 5.17. The second-order valence-corrected chi connectivity index (χ2v) is 4.54. The molecule has 1 aliphatic heterocycles. The van der Waals surface area contributed by atoms with Gasteiger partial charge in [-0.2, -0.15) is 0 Å². The molecule has 2 aliphatic rings. The van der Waals surface area contributed by atoms with Crippen LogP contribution in [0.1, 0.15) is 25.7 Å². The third-order valence-electron chi connectivity index (χ3n) is 3.31. The highest BCUT2D eigenvalue weighted by atomic mass is 35.5. The van der Waals surface area contributed by atoms with Crippen LogP contribution in [0.4, 0.5) is 0 Å². The fourth-order valence-electron chi connectivity index (χ4n) is 2.52. The molecule has 14 heavy (non-hydrogen) atoms. The van der Waals surface area contributed by atoms with E-state index >= 15 is 0 Å². The molecule has 3 heteroatoms. The van der Waals surface area contributed by atoms with Crippen molar-refractivity contribution in [2.75, 3.05) is 12.5 Å². The second-order valence-electron chi connectivity index (χ2n) is 4.17. The van der Waals surface area contributed by atoms with Gasteiger partial charge in [-0.1, -0.05) is 12.2 Å². The van der Waals surface area contributed by atoms with Crippen molar-refractivity contribution in [3.8, 4) is 0 Å². The molecule has 0 aromatic rings. The molecule has 0 aromatic heterocycles. The maximum atomic E-state index is 11.5. The Bertz CT molecular complexity index is 262. The minimum atomic E-state index is -0.0236. The van der Waals surface area contributed by atoms with Crippen molar-refractivity contribution in [1.29, 1.82) is 0 Å². The molecule has 0 amide bonds. The smallest absolute Gasteiger partial charge is 0.309 e. The largest absolute Gasteiger partial charge is 0.464 e. The topological polar surface area (TPSA) is 26.3 Å². The summed E-state index contributed by atoms with van der Waals surface area (Å²) in [4.78, 5) is 11.5. The molecule has 0 radical (unpaired) electrons. The van der Waals surface area contributed by atoms with Crippen LogP contribution in [0.2, 0.25) is 0 Å². The van der Waals surface area contributed by atoms with Gasteiger partial charge < -0.3 is 4.74 Å². The summed E-state index contributed by atoms with van der Waals surface area (Å²) in [7, 11) is 0. The molecular weight excluding hydrogens is 200 g/mol. The summed E-state index contributed by atoms with van der Waals surface area (Å²) in [5.41, 5.74) is -0.0236. The summed E-state index contributed by atoms with van der Waals surface area (Å²) in [6, 6.07) is 0. The lowest BCUT2D eigenvalue weighted by Crippen LogP contribution is -2.31. The highest BCUT2D eigenvalue weighted by Gasteiger charge is 2.48. The Morgan fingerprint density at radius 2 is 2.50 bits per heavy atom. The van der Waals surface area contributed by atoms with Gasteiger partial charge >= 0.3 is 5.97 Å². The van der Waals surface area contributed by atoms with Gasteiger partial charge in [0.25, 0.3) is 0 Å². The van der Waals surface area contributed by atoms with E-state index in [1.54, 1.807) is 0 Å². The summed E-state index contributed by atoms with van der Waals surface area (Å²) in [5.74, 6) is 0.746. The minimum Gasteiger partial charge on any atom is -0.464 e. The number of carbonyl (C=O) groups is 1. The van der Waals surface area contributed by atoms with Gasteiger partial charge in [-0.3, -0.25) is 4.79 Å². The van der Waals surface area contributed by atoms with Gasteiger partial charge in [-0.15, -0.1) is 11.6 Å². The standard InChI is InChI=1S/C11H15ClO2/c12-7-3-6-11-5-2-1-4-9(11)10(13)14-8-11/h2,5,9H,1,3-4,6-8H2/t9-,11-/m0/s1. The number of hydrogen-bond acceptors (Lipinski definition) is 2. The number of carbonyl (C=O) groups excluding carboxylic acids is 1. The molecule has 0 saturated carbocycles. The zero-order chi connectivity index (χ0) is 10.0. The van der Waals surface area contributed by atoms with Crippen molar-refractivity contribution in [1.82, 2.24) is 0 Å². The van der Waals surface area contributed by atoms with Crippen molar-refractivity contribution in [2.45, 2.75) is 25.7 Å². The van der Waals surface area contributed by atoms with E-state index < -0.39 is 0 Å². The number of alkyl halides is 1. The van der Waals surface area contributed by atoms with Gasteiger partial charge in [0.2, 0.25) is 0 Å². The number of ether oxygens (including phenoxy) is 1. The molecule has 78 valence electrons. The highest BCUT2D eigenvalue weighted by molar-refractivity contribution is 6.17. The fourth-order valence-corrected chi connectivity index (χ4v) is 2.65. The van der Waals surface area contributed by atoms with Crippen LogP contribution in [0.25, 0.3) is 0 Å². The zero-order valence-corrected chi connectivity index (χ0v) is 8.93. The normalized spacial score (nSPS) is 35.5. The van der Waals surface area contributed by atoms with Gasteiger partial charge in [0.1, 0.15) is 6.61 Å². The molecule has 0 unspecified atom stereocenters. The van der Waals surface area contributed by atoms with E-state index in [4.69, 9.17) is 16.3 Å². The Labute approximate surface area is 89.3 Å². The number of fused-ring (bicyclic) bond motifs is 1. The number of rotatable bonds is 3. The lowest BCUT2D eigenvalue weighted by molar-refractivity contribution is -0.141. The van der Waals surface area contributed by atoms with Crippen molar-refractivity contribution in [3.05, 3.63) is 12.2 Å². The second kappa shape index (κ2) is 3.93. The first-order chi connectivity index (χ1) is 6.78. The Balaban J connectivity index is 2.15. The van der Waals surface area contributed by atoms with E-state index in [9.17, 15) is 4.79 Å². The van der Waals surface area contributed by atoms with Crippen LogP contribution in [-0.4, -0.2) is 18.5 Å². The predicted octanol–water partition coefficient (Wildman–Crippen LogP) is 2.51. The Morgan fingerprint density at radius 1 is 1.64 bits per heavy atom. The molecule has 0 N–H and O–H groups in total. The van der Waals surface area contributed by atoms with Gasteiger partial charge in [0.05, 0.1) is 5.92 Å². The molecular formula is C11H15ClO2. The van der Waals surface area contributed by atoms with E-state index in [1.165, 1.54) is 0 Å². The van der Waals surface area contributed by atoms with Crippen molar-refractivity contribution >= 4 is 17.6 Å². The van der Waals surface area contributed by atoms with Gasteiger partial charge in [-0.25, -0.2) is 0 Å². The highest BCUT2D eigenvalue weighted by Crippen LogP contribution is 2.45. The molecule has 0 spiro atoms. The summed E-state index contributed by atoms with van der Waals surface area (Å²) in [5, 5.41) is 0. The van der Waals surface area contributed by atoms with Crippen LogP contribution in [0.15, 0.2) is 12.2 Å². The molecule has 2 atom stereocenters. The Morgan fingerprint density at radius 3 is 3.29 bits per heavy atom. The average Bonchev–Trinajstić information content (AvgIpc) is 2.55. The Kier molecular flexibility index (Phi) is 2.82. The predicted molar refractivity (Wildman–Crippen MR) is 55.2 cm³/mol. The number of halogens is 1. The first-order valence-corrected chi connectivity index (χ1v) is 5.72. The lowest BCUT2D eigenvalue weighted by Gasteiger charge is -2.31.